The molecule has 1 heterocycles. The summed E-state index contributed by atoms with van der Waals surface area (Å²) in [6.07, 6.45) is 0. The lowest BCUT2D eigenvalue weighted by molar-refractivity contribution is -0.127. The molecule has 1 fully saturated rings. The highest BCUT2D eigenvalue weighted by Gasteiger charge is 2.08. The van der Waals surface area contributed by atoms with E-state index in [9.17, 15) is 4.79 Å². The maximum absolute atomic E-state index is 10.4. The number of ether oxygens (including phenoxy) is 1. The minimum Gasteiger partial charge on any atom is -0.365 e. The van der Waals surface area contributed by atoms with Gasteiger partial charge < -0.3 is 10.1 Å². The van der Waals surface area contributed by atoms with Crippen LogP contribution in [0.25, 0.3) is 0 Å². The Labute approximate surface area is 47.3 Å². The Kier molecular flexibility index (Phi) is 1.30. The number of morpholine rings is 1. The highest BCUT2D eigenvalue weighted by Crippen LogP contribution is 1.92. The summed E-state index contributed by atoms with van der Waals surface area (Å²) >= 11 is 0. The van der Waals surface area contributed by atoms with Gasteiger partial charge in [-0.3, -0.25) is 4.79 Å². The Hall–Kier alpha value is -0.830. The molecular formula is C5H7NO2. The summed E-state index contributed by atoms with van der Waals surface area (Å²) in [5.41, 5.74) is 0.640. The summed E-state index contributed by atoms with van der Waals surface area (Å²) in [5.74, 6) is -0.110. The molecule has 0 spiro atoms. The summed E-state index contributed by atoms with van der Waals surface area (Å²) < 4.78 is 4.78. The predicted molar refractivity (Wildman–Crippen MR) is 28.1 cm³/mol. The van der Waals surface area contributed by atoms with Gasteiger partial charge in [-0.05, 0) is 0 Å². The lowest BCUT2D eigenvalue weighted by Gasteiger charge is -2.13. The monoisotopic (exact) mass is 113 g/mol. The number of nitrogens with one attached hydrogen (secondary N) is 1. The van der Waals surface area contributed by atoms with Crippen molar-refractivity contribution in [3.63, 3.8) is 0 Å². The average Bonchev–Trinajstić information content (AvgIpc) is 1.64. The smallest absolute Gasteiger partial charge is 0.250 e. The van der Waals surface area contributed by atoms with Crippen molar-refractivity contribution in [2.24, 2.45) is 0 Å². The third-order valence-electron chi connectivity index (χ3n) is 0.826. The van der Waals surface area contributed by atoms with Gasteiger partial charge >= 0.3 is 0 Å². The normalized spacial score (nSPS) is 20.5. The number of carbonyl (C=O) groups is 1. The first kappa shape index (κ1) is 5.31. The molecule has 1 N–H and O–H groups in total. The largest absolute Gasteiger partial charge is 0.365 e. The van der Waals surface area contributed by atoms with Crippen LogP contribution in [0.2, 0.25) is 0 Å². The molecule has 0 aromatic carbocycles. The van der Waals surface area contributed by atoms with Gasteiger partial charge in [-0.15, -0.1) is 0 Å². The molecule has 44 valence electrons. The first-order valence-corrected chi connectivity index (χ1v) is 2.34. The molecule has 0 radical (unpaired) electrons. The predicted octanol–water partition coefficient (Wildman–Crippen LogP) is -0.354. The first-order valence-electron chi connectivity index (χ1n) is 2.34. The van der Waals surface area contributed by atoms with Crippen LogP contribution in [0.4, 0.5) is 0 Å². The molecular weight excluding hydrogens is 106 g/mol. The van der Waals surface area contributed by atoms with Crippen LogP contribution in [-0.2, 0) is 9.53 Å². The molecule has 3 nitrogen and oxygen atoms in total. The number of rotatable bonds is 0. The van der Waals surface area contributed by atoms with Crippen LogP contribution in [0.5, 0.6) is 0 Å². The van der Waals surface area contributed by atoms with Gasteiger partial charge in [0.05, 0.1) is 6.61 Å². The Morgan fingerprint density at radius 2 is 2.38 bits per heavy atom. The quantitative estimate of drug-likeness (QED) is 0.466. The van der Waals surface area contributed by atoms with Gasteiger partial charge in [-0.2, -0.15) is 0 Å². The van der Waals surface area contributed by atoms with Crippen molar-refractivity contribution in [1.29, 1.82) is 0 Å². The topological polar surface area (TPSA) is 38.3 Å². The van der Waals surface area contributed by atoms with Crippen LogP contribution in [0.15, 0.2) is 12.3 Å². The van der Waals surface area contributed by atoms with Crippen molar-refractivity contribution in [3.8, 4) is 0 Å². The Bertz CT molecular complexity index is 116. The third kappa shape index (κ3) is 1.07. The molecule has 1 amide bonds. The molecule has 0 aliphatic carbocycles. The van der Waals surface area contributed by atoms with Gasteiger partial charge in [-0.25, -0.2) is 0 Å². The Morgan fingerprint density at radius 1 is 1.62 bits per heavy atom. The van der Waals surface area contributed by atoms with E-state index >= 15 is 0 Å². The minimum absolute atomic E-state index is 0.110. The van der Waals surface area contributed by atoms with Gasteiger partial charge in [0.25, 0.3) is 0 Å². The molecule has 8 heavy (non-hydrogen) atoms. The van der Waals surface area contributed by atoms with Crippen molar-refractivity contribution in [2.45, 2.75) is 0 Å². The number of hydrogen-bond acceptors (Lipinski definition) is 2. The summed E-state index contributed by atoms with van der Waals surface area (Å²) in [7, 11) is 0. The third-order valence-corrected chi connectivity index (χ3v) is 0.826. The van der Waals surface area contributed by atoms with E-state index < -0.39 is 0 Å². The van der Waals surface area contributed by atoms with Gasteiger partial charge in [-0.1, -0.05) is 6.58 Å². The number of amides is 1. The average molecular weight is 113 g/mol. The number of carbonyl (C=O) groups excluding carboxylic acids is 1. The van der Waals surface area contributed by atoms with Crippen molar-refractivity contribution in [2.75, 3.05) is 13.2 Å². The molecule has 0 saturated carbocycles. The van der Waals surface area contributed by atoms with Crippen LogP contribution in [0, 0.1) is 0 Å². The second kappa shape index (κ2) is 1.96. The zero-order chi connectivity index (χ0) is 5.98. The van der Waals surface area contributed by atoms with E-state index in [1.165, 1.54) is 0 Å². The molecule has 0 aromatic heterocycles. The minimum atomic E-state index is -0.110. The molecule has 0 atom stereocenters. The summed E-state index contributed by atoms with van der Waals surface area (Å²) in [5, 5.41) is 2.52. The van der Waals surface area contributed by atoms with Crippen molar-refractivity contribution < 1.29 is 9.53 Å². The van der Waals surface area contributed by atoms with Crippen LogP contribution < -0.4 is 5.32 Å². The van der Waals surface area contributed by atoms with E-state index in [1.807, 2.05) is 0 Å². The van der Waals surface area contributed by atoms with E-state index in [-0.39, 0.29) is 12.5 Å². The van der Waals surface area contributed by atoms with E-state index in [0.717, 1.165) is 0 Å². The Morgan fingerprint density at radius 3 is 2.75 bits per heavy atom. The maximum Gasteiger partial charge on any atom is 0.250 e. The fourth-order valence-electron chi connectivity index (χ4n) is 0.536. The first-order chi connectivity index (χ1) is 3.79. The van der Waals surface area contributed by atoms with Crippen LogP contribution in [0.1, 0.15) is 0 Å². The maximum atomic E-state index is 10.4. The van der Waals surface area contributed by atoms with E-state index in [1.54, 1.807) is 0 Å². The summed E-state index contributed by atoms with van der Waals surface area (Å²) in [4.78, 5) is 10.4. The van der Waals surface area contributed by atoms with Crippen LogP contribution in [-0.4, -0.2) is 19.1 Å². The highest BCUT2D eigenvalue weighted by atomic mass is 16.5. The van der Waals surface area contributed by atoms with Crippen LogP contribution in [0.3, 0.4) is 0 Å². The Balaban J connectivity index is 2.45. The van der Waals surface area contributed by atoms with Gasteiger partial charge in [0.2, 0.25) is 5.91 Å². The zero-order valence-electron chi connectivity index (χ0n) is 4.44. The van der Waals surface area contributed by atoms with Crippen LogP contribution >= 0.6 is 0 Å². The van der Waals surface area contributed by atoms with Gasteiger partial charge in [0.15, 0.2) is 0 Å². The van der Waals surface area contributed by atoms with E-state index in [0.29, 0.717) is 12.3 Å². The summed E-state index contributed by atoms with van der Waals surface area (Å²) in [6.45, 7) is 4.12. The fourth-order valence-corrected chi connectivity index (χ4v) is 0.536. The highest BCUT2D eigenvalue weighted by molar-refractivity contribution is 5.79. The fraction of sp³-hybridized carbons (Fsp3) is 0.400. The molecule has 0 unspecified atom stereocenters. The van der Waals surface area contributed by atoms with Gasteiger partial charge in [0, 0.05) is 5.70 Å². The molecule has 0 bridgehead atoms. The standard InChI is InChI=1S/C5H7NO2/c1-4-2-8-3-5(7)6-4/h1-3H2,(H,6,7). The molecule has 1 aliphatic heterocycles. The number of hydrogen-bond donors (Lipinski definition) is 1. The second-order valence-corrected chi connectivity index (χ2v) is 1.64. The van der Waals surface area contributed by atoms with Crippen molar-refractivity contribution in [3.05, 3.63) is 12.3 Å². The SMILES string of the molecule is C=C1COCC(=O)N1. The lowest BCUT2D eigenvalue weighted by atomic mass is 10.4. The summed E-state index contributed by atoms with van der Waals surface area (Å²) in [6, 6.07) is 0. The second-order valence-electron chi connectivity index (χ2n) is 1.64. The van der Waals surface area contributed by atoms with Crippen molar-refractivity contribution in [1.82, 2.24) is 5.32 Å². The zero-order valence-corrected chi connectivity index (χ0v) is 4.44. The van der Waals surface area contributed by atoms with Crippen molar-refractivity contribution >= 4 is 5.91 Å². The molecule has 1 rings (SSSR count). The molecule has 1 saturated heterocycles. The molecule has 3 heteroatoms. The molecule has 1 aliphatic rings. The van der Waals surface area contributed by atoms with E-state index in [4.69, 9.17) is 4.74 Å². The lowest BCUT2D eigenvalue weighted by Crippen LogP contribution is -2.34. The molecule has 0 aromatic rings. The van der Waals surface area contributed by atoms with E-state index in [2.05, 4.69) is 11.9 Å². The van der Waals surface area contributed by atoms with Gasteiger partial charge in [0.1, 0.15) is 6.61 Å².